The summed E-state index contributed by atoms with van der Waals surface area (Å²) in [7, 11) is 0. The van der Waals surface area contributed by atoms with Crippen LogP contribution in [0.2, 0.25) is 0 Å². The van der Waals surface area contributed by atoms with E-state index in [2.05, 4.69) is 67.1 Å². The Kier molecular flexibility index (Phi) is 6.51. The number of aliphatic hydroxyl groups excluding tert-OH is 1. The van der Waals surface area contributed by atoms with Crippen molar-refractivity contribution in [1.29, 1.82) is 0 Å². The van der Waals surface area contributed by atoms with E-state index in [-0.39, 0.29) is 12.0 Å². The van der Waals surface area contributed by atoms with Crippen LogP contribution < -0.4 is 5.32 Å². The van der Waals surface area contributed by atoms with Gasteiger partial charge in [-0.3, -0.25) is 0 Å². The molecule has 0 aliphatic carbocycles. The smallest absolute Gasteiger partial charge is 0.0471 e. The average Bonchev–Trinajstić information content (AvgIpc) is 2.37. The molecule has 0 aliphatic heterocycles. The van der Waals surface area contributed by atoms with E-state index < -0.39 is 0 Å². The molecule has 1 atom stereocenters. The van der Waals surface area contributed by atoms with Crippen molar-refractivity contribution in [2.24, 2.45) is 5.92 Å². The third kappa shape index (κ3) is 4.90. The molecule has 0 saturated carbocycles. The number of benzene rings is 1. The van der Waals surface area contributed by atoms with E-state index in [0.29, 0.717) is 5.92 Å². The zero-order valence-corrected chi connectivity index (χ0v) is 14.0. The molecule has 1 aromatic rings. The van der Waals surface area contributed by atoms with Gasteiger partial charge in [0.15, 0.2) is 0 Å². The molecular formula is C16H26BrNO. The van der Waals surface area contributed by atoms with Crippen molar-refractivity contribution in [2.75, 3.05) is 19.7 Å². The van der Waals surface area contributed by atoms with E-state index in [1.165, 1.54) is 11.1 Å². The van der Waals surface area contributed by atoms with Gasteiger partial charge in [0.1, 0.15) is 0 Å². The van der Waals surface area contributed by atoms with Gasteiger partial charge in [0.25, 0.3) is 0 Å². The molecule has 3 heteroatoms. The maximum Gasteiger partial charge on any atom is 0.0471 e. The third-order valence-corrected chi connectivity index (χ3v) is 4.26. The van der Waals surface area contributed by atoms with Crippen molar-refractivity contribution < 1.29 is 5.11 Å². The minimum Gasteiger partial charge on any atom is -0.396 e. The monoisotopic (exact) mass is 327 g/mol. The fourth-order valence-corrected chi connectivity index (χ4v) is 2.71. The van der Waals surface area contributed by atoms with Crippen LogP contribution in [0.1, 0.15) is 38.3 Å². The Morgan fingerprint density at radius 3 is 2.63 bits per heavy atom. The van der Waals surface area contributed by atoms with Gasteiger partial charge in [-0.1, -0.05) is 42.8 Å². The summed E-state index contributed by atoms with van der Waals surface area (Å²) in [6.45, 7) is 10.9. The number of aryl methyl sites for hydroxylation is 1. The lowest BCUT2D eigenvalue weighted by atomic mass is 9.82. The SMILES string of the molecule is CCC(CO)CNCC(C)(C)c1cc(Br)ccc1C. The largest absolute Gasteiger partial charge is 0.396 e. The maximum absolute atomic E-state index is 9.21. The highest BCUT2D eigenvalue weighted by Crippen LogP contribution is 2.28. The molecule has 0 aromatic heterocycles. The molecule has 1 aromatic carbocycles. The molecule has 2 nitrogen and oxygen atoms in total. The second-order valence-electron chi connectivity index (χ2n) is 5.93. The first-order valence-electron chi connectivity index (χ1n) is 6.99. The number of hydrogen-bond acceptors (Lipinski definition) is 2. The fourth-order valence-electron chi connectivity index (χ4n) is 2.35. The zero-order chi connectivity index (χ0) is 14.5. The number of halogens is 1. The molecule has 0 radical (unpaired) electrons. The van der Waals surface area contributed by atoms with Gasteiger partial charge in [0.05, 0.1) is 0 Å². The van der Waals surface area contributed by atoms with Gasteiger partial charge in [-0.2, -0.15) is 0 Å². The summed E-state index contributed by atoms with van der Waals surface area (Å²) >= 11 is 3.55. The van der Waals surface area contributed by atoms with E-state index in [4.69, 9.17) is 0 Å². The Labute approximate surface area is 125 Å². The fraction of sp³-hybridized carbons (Fsp3) is 0.625. The lowest BCUT2D eigenvalue weighted by molar-refractivity contribution is 0.216. The summed E-state index contributed by atoms with van der Waals surface area (Å²) in [5.74, 6) is 0.361. The molecule has 0 heterocycles. The lowest BCUT2D eigenvalue weighted by Crippen LogP contribution is -2.36. The van der Waals surface area contributed by atoms with Crippen molar-refractivity contribution in [2.45, 2.75) is 39.5 Å². The highest BCUT2D eigenvalue weighted by molar-refractivity contribution is 9.10. The standard InChI is InChI=1S/C16H26BrNO/c1-5-13(10-19)9-18-11-16(3,4)15-8-14(17)7-6-12(15)2/h6-8,13,18-19H,5,9-11H2,1-4H3. The molecule has 1 rings (SSSR count). The first kappa shape index (κ1) is 16.7. The Morgan fingerprint density at radius 1 is 1.37 bits per heavy atom. The van der Waals surface area contributed by atoms with E-state index >= 15 is 0 Å². The molecule has 0 bridgehead atoms. The summed E-state index contributed by atoms with van der Waals surface area (Å²) in [4.78, 5) is 0. The summed E-state index contributed by atoms with van der Waals surface area (Å²) < 4.78 is 1.13. The molecule has 0 spiro atoms. The summed E-state index contributed by atoms with van der Waals surface area (Å²) in [5, 5.41) is 12.7. The van der Waals surface area contributed by atoms with E-state index in [0.717, 1.165) is 24.0 Å². The second-order valence-corrected chi connectivity index (χ2v) is 6.85. The minimum absolute atomic E-state index is 0.0849. The number of rotatable bonds is 7. The zero-order valence-electron chi connectivity index (χ0n) is 12.5. The van der Waals surface area contributed by atoms with Crippen LogP contribution in [0.15, 0.2) is 22.7 Å². The molecule has 0 amide bonds. The summed E-state index contributed by atoms with van der Waals surface area (Å²) in [6, 6.07) is 6.45. The molecule has 1 unspecified atom stereocenters. The minimum atomic E-state index is 0.0849. The van der Waals surface area contributed by atoms with Gasteiger partial charge in [-0.25, -0.2) is 0 Å². The maximum atomic E-state index is 9.21. The second kappa shape index (κ2) is 7.41. The molecule has 0 saturated heterocycles. The Balaban J connectivity index is 2.67. The molecular weight excluding hydrogens is 302 g/mol. The van der Waals surface area contributed by atoms with Crippen LogP contribution in [0.5, 0.6) is 0 Å². The van der Waals surface area contributed by atoms with Gasteiger partial charge >= 0.3 is 0 Å². The summed E-state index contributed by atoms with van der Waals surface area (Å²) in [5.41, 5.74) is 2.78. The normalized spacial score (nSPS) is 13.6. The molecule has 108 valence electrons. The third-order valence-electron chi connectivity index (χ3n) is 3.76. The predicted octanol–water partition coefficient (Wildman–Crippen LogP) is 3.64. The van der Waals surface area contributed by atoms with Crippen molar-refractivity contribution in [1.82, 2.24) is 5.32 Å². The average molecular weight is 328 g/mol. The Morgan fingerprint density at radius 2 is 2.05 bits per heavy atom. The van der Waals surface area contributed by atoms with Crippen LogP contribution in [0.4, 0.5) is 0 Å². The molecule has 19 heavy (non-hydrogen) atoms. The van der Waals surface area contributed by atoms with Gasteiger partial charge in [0, 0.05) is 29.6 Å². The first-order chi connectivity index (χ1) is 8.90. The molecule has 0 fully saturated rings. The highest BCUT2D eigenvalue weighted by atomic mass is 79.9. The van der Waals surface area contributed by atoms with Crippen LogP contribution in [-0.4, -0.2) is 24.8 Å². The number of nitrogens with one attached hydrogen (secondary N) is 1. The van der Waals surface area contributed by atoms with Gasteiger partial charge in [-0.05, 0) is 42.5 Å². The van der Waals surface area contributed by atoms with E-state index in [9.17, 15) is 5.11 Å². The Hall–Kier alpha value is -0.380. The number of hydrogen-bond donors (Lipinski definition) is 2. The van der Waals surface area contributed by atoms with Crippen LogP contribution in [0, 0.1) is 12.8 Å². The lowest BCUT2D eigenvalue weighted by Gasteiger charge is -2.28. The van der Waals surface area contributed by atoms with Crippen molar-refractivity contribution in [3.05, 3.63) is 33.8 Å². The summed E-state index contributed by atoms with van der Waals surface area (Å²) in [6.07, 6.45) is 1.01. The van der Waals surface area contributed by atoms with Gasteiger partial charge in [0.2, 0.25) is 0 Å². The quantitative estimate of drug-likeness (QED) is 0.801. The van der Waals surface area contributed by atoms with Crippen molar-refractivity contribution >= 4 is 15.9 Å². The van der Waals surface area contributed by atoms with E-state index in [1.54, 1.807) is 0 Å². The first-order valence-corrected chi connectivity index (χ1v) is 7.78. The molecule has 0 aliphatic rings. The van der Waals surface area contributed by atoms with Crippen LogP contribution in [0.25, 0.3) is 0 Å². The van der Waals surface area contributed by atoms with E-state index in [1.807, 2.05) is 0 Å². The Bertz CT molecular complexity index is 400. The van der Waals surface area contributed by atoms with Crippen molar-refractivity contribution in [3.63, 3.8) is 0 Å². The van der Waals surface area contributed by atoms with Crippen LogP contribution >= 0.6 is 15.9 Å². The topological polar surface area (TPSA) is 32.3 Å². The molecule has 2 N–H and O–H groups in total. The predicted molar refractivity (Wildman–Crippen MR) is 85.6 cm³/mol. The van der Waals surface area contributed by atoms with Crippen LogP contribution in [-0.2, 0) is 5.41 Å². The van der Waals surface area contributed by atoms with Crippen LogP contribution in [0.3, 0.4) is 0 Å². The van der Waals surface area contributed by atoms with Crippen molar-refractivity contribution in [3.8, 4) is 0 Å². The van der Waals surface area contributed by atoms with Gasteiger partial charge < -0.3 is 10.4 Å². The highest BCUT2D eigenvalue weighted by Gasteiger charge is 2.22. The van der Waals surface area contributed by atoms with Gasteiger partial charge in [-0.15, -0.1) is 0 Å². The number of aliphatic hydroxyl groups is 1.